The minimum absolute atomic E-state index is 0.191. The van der Waals surface area contributed by atoms with Crippen LogP contribution in [0.3, 0.4) is 0 Å². The smallest absolute Gasteiger partial charge is 0.0951 e. The summed E-state index contributed by atoms with van der Waals surface area (Å²) in [4.78, 5) is 4.61. The highest BCUT2D eigenvalue weighted by atomic mass is 32.1. The van der Waals surface area contributed by atoms with Crippen molar-refractivity contribution in [3.05, 3.63) is 29.3 Å². The van der Waals surface area contributed by atoms with Gasteiger partial charge in [-0.2, -0.15) is 0 Å². The van der Waals surface area contributed by atoms with Crippen molar-refractivity contribution < 1.29 is 0 Å². The van der Waals surface area contributed by atoms with Gasteiger partial charge in [0.1, 0.15) is 0 Å². The van der Waals surface area contributed by atoms with E-state index in [9.17, 15) is 0 Å². The average Bonchev–Trinajstić information content (AvgIpc) is 2.57. The lowest BCUT2D eigenvalue weighted by Crippen LogP contribution is -2.37. The predicted molar refractivity (Wildman–Crippen MR) is 71.1 cm³/mol. The van der Waals surface area contributed by atoms with E-state index in [1.807, 2.05) is 6.07 Å². The summed E-state index contributed by atoms with van der Waals surface area (Å²) in [7, 11) is 0. The molecule has 2 aromatic rings. The summed E-state index contributed by atoms with van der Waals surface area (Å²) in [5.41, 5.74) is 1.31. The van der Waals surface area contributed by atoms with Crippen LogP contribution in [0.2, 0.25) is 0 Å². The van der Waals surface area contributed by atoms with Crippen LogP contribution >= 0.6 is 11.3 Å². The molecule has 0 aliphatic rings. The fourth-order valence-electron chi connectivity index (χ4n) is 1.57. The van der Waals surface area contributed by atoms with Gasteiger partial charge in [-0.25, -0.2) is 4.98 Å². The first-order chi connectivity index (χ1) is 7.54. The van der Waals surface area contributed by atoms with Crippen LogP contribution in [0.1, 0.15) is 25.8 Å². The third-order valence-electron chi connectivity index (χ3n) is 2.33. The summed E-state index contributed by atoms with van der Waals surface area (Å²) in [6, 6.07) is 8.32. The van der Waals surface area contributed by atoms with Crippen molar-refractivity contribution in [3.63, 3.8) is 0 Å². The maximum atomic E-state index is 4.61. The number of fused-ring (bicyclic) bond motifs is 1. The molecule has 1 aromatic carbocycles. The van der Waals surface area contributed by atoms with Crippen molar-refractivity contribution in [2.45, 2.75) is 32.7 Å². The van der Waals surface area contributed by atoms with E-state index >= 15 is 0 Å². The van der Waals surface area contributed by atoms with Gasteiger partial charge >= 0.3 is 0 Å². The molecule has 2 nitrogen and oxygen atoms in total. The highest BCUT2D eigenvalue weighted by molar-refractivity contribution is 7.18. The zero-order valence-electron chi connectivity index (χ0n) is 10.1. The van der Waals surface area contributed by atoms with Gasteiger partial charge in [0.05, 0.1) is 15.2 Å². The summed E-state index contributed by atoms with van der Waals surface area (Å²) < 4.78 is 1.29. The molecule has 0 saturated heterocycles. The Kier molecular flexibility index (Phi) is 3.26. The molecule has 16 heavy (non-hydrogen) atoms. The number of aromatic nitrogens is 1. The fourth-order valence-corrected chi connectivity index (χ4v) is 2.54. The number of thiazole rings is 1. The normalized spacial score (nSPS) is 12.2. The molecule has 0 radical (unpaired) electrons. The van der Waals surface area contributed by atoms with Gasteiger partial charge in [-0.05, 0) is 32.9 Å². The highest BCUT2D eigenvalue weighted by Crippen LogP contribution is 2.21. The van der Waals surface area contributed by atoms with E-state index in [4.69, 9.17) is 0 Å². The lowest BCUT2D eigenvalue weighted by molar-refractivity contribution is 0.429. The topological polar surface area (TPSA) is 24.9 Å². The molecule has 0 bridgehead atoms. The molecule has 1 aromatic heterocycles. The minimum atomic E-state index is 0.191. The molecule has 1 heterocycles. The molecule has 0 saturated carbocycles. The van der Waals surface area contributed by atoms with Crippen molar-refractivity contribution in [1.82, 2.24) is 10.3 Å². The average molecular weight is 234 g/mol. The number of nitrogens with one attached hydrogen (secondary N) is 1. The highest BCUT2D eigenvalue weighted by Gasteiger charge is 2.09. The molecule has 0 atom stereocenters. The van der Waals surface area contributed by atoms with Gasteiger partial charge in [-0.15, -0.1) is 11.3 Å². The number of para-hydroxylation sites is 1. The maximum absolute atomic E-state index is 4.61. The summed E-state index contributed by atoms with van der Waals surface area (Å²) >= 11 is 1.80. The molecule has 2 rings (SSSR count). The van der Waals surface area contributed by atoms with E-state index in [0.29, 0.717) is 0 Å². The summed E-state index contributed by atoms with van der Waals surface area (Å²) in [6.07, 6.45) is 1.01. The number of hydrogen-bond donors (Lipinski definition) is 1. The molecule has 0 amide bonds. The lowest BCUT2D eigenvalue weighted by atomic mass is 10.1. The second kappa shape index (κ2) is 4.52. The molecular formula is C13H18N2S. The Morgan fingerprint density at radius 1 is 1.25 bits per heavy atom. The molecule has 0 fully saturated rings. The van der Waals surface area contributed by atoms with Gasteiger partial charge < -0.3 is 5.32 Å². The monoisotopic (exact) mass is 234 g/mol. The van der Waals surface area contributed by atoms with Crippen LogP contribution < -0.4 is 5.32 Å². The zero-order valence-corrected chi connectivity index (χ0v) is 10.9. The third-order valence-corrected chi connectivity index (χ3v) is 3.43. The van der Waals surface area contributed by atoms with Crippen LogP contribution in [0.25, 0.3) is 10.2 Å². The third kappa shape index (κ3) is 3.03. The van der Waals surface area contributed by atoms with E-state index in [-0.39, 0.29) is 5.54 Å². The van der Waals surface area contributed by atoms with E-state index < -0.39 is 0 Å². The Morgan fingerprint density at radius 2 is 2.00 bits per heavy atom. The standard InChI is InChI=1S/C13H18N2S/c1-13(2,3)14-9-8-12-15-10-6-4-5-7-11(10)16-12/h4-7,14H,8-9H2,1-3H3. The maximum Gasteiger partial charge on any atom is 0.0951 e. The number of benzene rings is 1. The van der Waals surface area contributed by atoms with Crippen molar-refractivity contribution >= 4 is 21.6 Å². The van der Waals surface area contributed by atoms with Crippen molar-refractivity contribution in [2.24, 2.45) is 0 Å². The molecule has 3 heteroatoms. The van der Waals surface area contributed by atoms with E-state index in [1.54, 1.807) is 11.3 Å². The molecule has 0 aliphatic heterocycles. The second-order valence-corrected chi connectivity index (χ2v) is 6.12. The van der Waals surface area contributed by atoms with Crippen molar-refractivity contribution in [3.8, 4) is 0 Å². The fraction of sp³-hybridized carbons (Fsp3) is 0.462. The van der Waals surface area contributed by atoms with Crippen LogP contribution in [-0.2, 0) is 6.42 Å². The Bertz CT molecular complexity index is 435. The number of hydrogen-bond acceptors (Lipinski definition) is 3. The molecule has 1 N–H and O–H groups in total. The number of rotatable bonds is 3. The first-order valence-corrected chi connectivity index (χ1v) is 6.46. The number of nitrogens with zero attached hydrogens (tertiary/aromatic N) is 1. The van der Waals surface area contributed by atoms with E-state index in [1.165, 1.54) is 9.71 Å². The second-order valence-electron chi connectivity index (χ2n) is 5.00. The Hall–Kier alpha value is -0.930. The van der Waals surface area contributed by atoms with Crippen molar-refractivity contribution in [1.29, 1.82) is 0 Å². The van der Waals surface area contributed by atoms with Gasteiger partial charge in [-0.3, -0.25) is 0 Å². The summed E-state index contributed by atoms with van der Waals surface area (Å²) in [5.74, 6) is 0. The van der Waals surface area contributed by atoms with Crippen molar-refractivity contribution in [2.75, 3.05) is 6.54 Å². The predicted octanol–water partition coefficient (Wildman–Crippen LogP) is 3.23. The van der Waals surface area contributed by atoms with Crippen LogP contribution in [0, 0.1) is 0 Å². The SMILES string of the molecule is CC(C)(C)NCCc1nc2ccccc2s1. The molecule has 0 spiro atoms. The summed E-state index contributed by atoms with van der Waals surface area (Å²) in [6.45, 7) is 7.55. The van der Waals surface area contributed by atoms with Gasteiger partial charge in [0.15, 0.2) is 0 Å². The van der Waals surface area contributed by atoms with Gasteiger partial charge in [-0.1, -0.05) is 12.1 Å². The van der Waals surface area contributed by atoms with Crippen LogP contribution in [-0.4, -0.2) is 17.1 Å². The van der Waals surface area contributed by atoms with Crippen LogP contribution in [0.4, 0.5) is 0 Å². The van der Waals surface area contributed by atoms with Crippen LogP contribution in [0.5, 0.6) is 0 Å². The van der Waals surface area contributed by atoms with Gasteiger partial charge in [0.25, 0.3) is 0 Å². The Balaban J connectivity index is 2.00. The summed E-state index contributed by atoms with van der Waals surface area (Å²) in [5, 5.41) is 4.70. The van der Waals surface area contributed by atoms with Crippen LogP contribution in [0.15, 0.2) is 24.3 Å². The quantitative estimate of drug-likeness (QED) is 0.882. The molecule has 0 aliphatic carbocycles. The first kappa shape index (κ1) is 11.6. The largest absolute Gasteiger partial charge is 0.312 e. The van der Waals surface area contributed by atoms with E-state index in [0.717, 1.165) is 18.5 Å². The lowest BCUT2D eigenvalue weighted by Gasteiger charge is -2.19. The minimum Gasteiger partial charge on any atom is -0.312 e. The Morgan fingerprint density at radius 3 is 2.69 bits per heavy atom. The van der Waals surface area contributed by atoms with Gasteiger partial charge in [0, 0.05) is 18.5 Å². The van der Waals surface area contributed by atoms with Gasteiger partial charge in [0.2, 0.25) is 0 Å². The molecule has 86 valence electrons. The van der Waals surface area contributed by atoms with E-state index in [2.05, 4.69) is 49.3 Å². The zero-order chi connectivity index (χ0) is 11.6. The molecular weight excluding hydrogens is 216 g/mol. The molecule has 0 unspecified atom stereocenters. The first-order valence-electron chi connectivity index (χ1n) is 5.64. The Labute approximate surface area is 101 Å².